The summed E-state index contributed by atoms with van der Waals surface area (Å²) in [4.78, 5) is 29.2. The van der Waals surface area contributed by atoms with Gasteiger partial charge in [-0.15, -0.1) is 0 Å². The summed E-state index contributed by atoms with van der Waals surface area (Å²) in [6.07, 6.45) is 0.371. The molecule has 0 bridgehead atoms. The molecule has 5 heterocycles. The lowest BCUT2D eigenvalue weighted by atomic mass is 9.93. The molecule has 3 aliphatic heterocycles. The number of alkyl halides is 1. The van der Waals surface area contributed by atoms with Crippen LogP contribution in [0.5, 0.6) is 23.3 Å². The number of halogens is 4. The summed E-state index contributed by atoms with van der Waals surface area (Å²) in [6, 6.07) is 16.7. The molecule has 2 aromatic heterocycles. The third-order valence-electron chi connectivity index (χ3n) is 11.1. The third kappa shape index (κ3) is 7.54. The van der Waals surface area contributed by atoms with Crippen molar-refractivity contribution in [2.45, 2.75) is 57.2 Å². The van der Waals surface area contributed by atoms with Crippen molar-refractivity contribution in [2.75, 3.05) is 52.5 Å². The number of methoxy groups -OCH3 is 3. The number of aryl methyl sites for hydroxylation is 1. The maximum Gasteiger partial charge on any atom is 0.319 e. The number of benzene rings is 3. The van der Waals surface area contributed by atoms with Crippen LogP contribution in [0.4, 0.5) is 19.0 Å². The summed E-state index contributed by atoms with van der Waals surface area (Å²) in [6.45, 7) is 6.72. The van der Waals surface area contributed by atoms with E-state index >= 15 is 8.78 Å². The Labute approximate surface area is 342 Å². The average molecular weight is 863 g/mol. The second-order valence-corrected chi connectivity index (χ2v) is 15.8. The molecule has 0 spiro atoms. The largest absolute Gasteiger partial charge is 0.497 e. The Morgan fingerprint density at radius 3 is 2.26 bits per heavy atom. The highest BCUT2D eigenvalue weighted by molar-refractivity contribution is 9.10. The molecule has 5 aromatic rings. The standard InChI is InChI=1S/C42H43BrF3N7O5/c1-25-17-42(18-28(44)22-52(42)19-25)24-58-41-47-37-33(38(57-4)36(46)34(43)35(37)45)39(48-41)50-14-5-15-53-29(23-50)16-32(49-53)40(54)51(20-26-6-10-30(55-2)11-7-26)21-27-8-12-31(56-3)13-9-27/h6-13,16,28H,1,5,14-15,17-24H2,2-4H3/t28-,42+/m0/s1. The van der Waals surface area contributed by atoms with E-state index in [1.165, 1.54) is 7.11 Å². The lowest BCUT2D eigenvalue weighted by Gasteiger charge is -2.30. The van der Waals surface area contributed by atoms with Crippen molar-refractivity contribution in [1.82, 2.24) is 29.5 Å². The minimum Gasteiger partial charge on any atom is -0.497 e. The molecule has 0 N–H and O–H groups in total. The minimum atomic E-state index is -1.01. The predicted molar refractivity (Wildman–Crippen MR) is 214 cm³/mol. The second kappa shape index (κ2) is 16.1. The summed E-state index contributed by atoms with van der Waals surface area (Å²) in [7, 11) is 4.50. The van der Waals surface area contributed by atoms with Gasteiger partial charge in [-0.1, -0.05) is 36.4 Å². The molecule has 2 atom stereocenters. The second-order valence-electron chi connectivity index (χ2n) is 15.0. The van der Waals surface area contributed by atoms with E-state index in [2.05, 4.69) is 27.5 Å². The number of carbonyl (C=O) groups excluding carboxylic acids is 1. The summed E-state index contributed by atoms with van der Waals surface area (Å²) < 4.78 is 70.1. The van der Waals surface area contributed by atoms with Gasteiger partial charge in [-0.3, -0.25) is 14.4 Å². The van der Waals surface area contributed by atoms with E-state index in [1.54, 1.807) is 29.9 Å². The smallest absolute Gasteiger partial charge is 0.319 e. The molecule has 8 rings (SSSR count). The number of hydrogen-bond acceptors (Lipinski definition) is 10. The topological polar surface area (TPSA) is 107 Å². The maximum absolute atomic E-state index is 16.0. The zero-order valence-electron chi connectivity index (χ0n) is 32.4. The number of nitrogens with zero attached hydrogens (tertiary/aromatic N) is 7. The molecule has 0 unspecified atom stereocenters. The van der Waals surface area contributed by atoms with E-state index in [0.29, 0.717) is 62.8 Å². The molecule has 0 aliphatic carbocycles. The van der Waals surface area contributed by atoms with Gasteiger partial charge in [-0.2, -0.15) is 15.1 Å². The van der Waals surface area contributed by atoms with E-state index in [0.717, 1.165) is 16.7 Å². The van der Waals surface area contributed by atoms with Crippen LogP contribution < -0.4 is 23.8 Å². The molecule has 0 saturated carbocycles. The van der Waals surface area contributed by atoms with E-state index in [4.69, 9.17) is 29.0 Å². The quantitative estimate of drug-likeness (QED) is 0.0940. The first kappa shape index (κ1) is 39.5. The van der Waals surface area contributed by atoms with Crippen LogP contribution in [0.25, 0.3) is 10.9 Å². The van der Waals surface area contributed by atoms with Crippen molar-refractivity contribution in [2.24, 2.45) is 0 Å². The molecular formula is C42H43BrF3N7O5. The highest BCUT2D eigenvalue weighted by atomic mass is 79.9. The molecule has 2 fully saturated rings. The number of ether oxygens (including phenoxy) is 4. The van der Waals surface area contributed by atoms with Gasteiger partial charge in [0, 0.05) is 45.7 Å². The van der Waals surface area contributed by atoms with Crippen LogP contribution in [-0.2, 0) is 26.2 Å². The summed E-state index contributed by atoms with van der Waals surface area (Å²) in [5, 5.41) is 4.80. The fourth-order valence-electron chi connectivity index (χ4n) is 8.35. The lowest BCUT2D eigenvalue weighted by molar-refractivity contribution is 0.0723. The zero-order valence-corrected chi connectivity index (χ0v) is 34.0. The molecule has 0 radical (unpaired) electrons. The minimum absolute atomic E-state index is 0.0289. The van der Waals surface area contributed by atoms with Gasteiger partial charge in [0.05, 0.1) is 49.0 Å². The van der Waals surface area contributed by atoms with Crippen molar-refractivity contribution < 1.29 is 36.9 Å². The summed E-state index contributed by atoms with van der Waals surface area (Å²) in [5.41, 5.74) is 2.91. The van der Waals surface area contributed by atoms with E-state index in [9.17, 15) is 9.18 Å². The van der Waals surface area contributed by atoms with Crippen LogP contribution in [0, 0.1) is 11.6 Å². The Hall–Kier alpha value is -5.35. The fourth-order valence-corrected chi connectivity index (χ4v) is 8.72. The number of fused-ring (bicyclic) bond motifs is 3. The first-order valence-corrected chi connectivity index (χ1v) is 19.8. The van der Waals surface area contributed by atoms with Gasteiger partial charge in [0.25, 0.3) is 5.91 Å². The number of hydrogen-bond donors (Lipinski definition) is 0. The Bertz CT molecular complexity index is 2310. The molecule has 304 valence electrons. The highest BCUT2D eigenvalue weighted by Crippen LogP contribution is 2.44. The van der Waals surface area contributed by atoms with Gasteiger partial charge < -0.3 is 28.7 Å². The number of anilines is 1. The summed E-state index contributed by atoms with van der Waals surface area (Å²) in [5.74, 6) is -0.790. The van der Waals surface area contributed by atoms with Crippen LogP contribution in [0.3, 0.4) is 0 Å². The Morgan fingerprint density at radius 1 is 0.948 bits per heavy atom. The van der Waals surface area contributed by atoms with Crippen molar-refractivity contribution in [3.8, 4) is 23.3 Å². The summed E-state index contributed by atoms with van der Waals surface area (Å²) >= 11 is 3.03. The normalized spacial score (nSPS) is 19.2. The fraction of sp³-hybridized carbons (Fsp3) is 0.381. The van der Waals surface area contributed by atoms with Gasteiger partial charge >= 0.3 is 6.01 Å². The van der Waals surface area contributed by atoms with Crippen LogP contribution in [-0.4, -0.2) is 94.7 Å². The zero-order chi connectivity index (χ0) is 40.7. The number of amides is 1. The van der Waals surface area contributed by atoms with Crippen LogP contribution in [0.2, 0.25) is 0 Å². The Morgan fingerprint density at radius 2 is 1.62 bits per heavy atom. The maximum atomic E-state index is 16.0. The van der Waals surface area contributed by atoms with Gasteiger partial charge in [0.15, 0.2) is 23.1 Å². The SMILES string of the molecule is C=C1CN2C[C@@H](F)C[C@@]2(COc2nc(N3CCCn4nc(C(=O)N(Cc5ccc(OC)cc5)Cc5ccc(OC)cc5)cc4C3)c3c(OC)c(F)c(Br)c(F)c3n2)C1. The molecular weight excluding hydrogens is 819 g/mol. The van der Waals surface area contributed by atoms with E-state index < -0.39 is 27.8 Å². The van der Waals surface area contributed by atoms with Crippen LogP contribution >= 0.6 is 15.9 Å². The van der Waals surface area contributed by atoms with Crippen LogP contribution in [0.1, 0.15) is 46.6 Å². The first-order valence-electron chi connectivity index (χ1n) is 19.0. The van der Waals surface area contributed by atoms with Gasteiger partial charge in [-0.05, 0) is 70.2 Å². The van der Waals surface area contributed by atoms with E-state index in [-0.39, 0.29) is 66.2 Å². The monoisotopic (exact) mass is 861 g/mol. The molecule has 3 aliphatic rings. The number of rotatable bonds is 12. The third-order valence-corrected chi connectivity index (χ3v) is 11.8. The lowest BCUT2D eigenvalue weighted by Crippen LogP contribution is -2.43. The molecule has 1 amide bonds. The molecule has 58 heavy (non-hydrogen) atoms. The first-order chi connectivity index (χ1) is 28.0. The highest BCUT2D eigenvalue weighted by Gasteiger charge is 2.51. The molecule has 2 saturated heterocycles. The van der Waals surface area contributed by atoms with Gasteiger partial charge in [-0.25, -0.2) is 13.2 Å². The van der Waals surface area contributed by atoms with Crippen molar-refractivity contribution in [3.63, 3.8) is 0 Å². The predicted octanol–water partition coefficient (Wildman–Crippen LogP) is 7.27. The van der Waals surface area contributed by atoms with Crippen molar-refractivity contribution in [1.29, 1.82) is 0 Å². The van der Waals surface area contributed by atoms with Crippen molar-refractivity contribution in [3.05, 3.63) is 105 Å². The molecule has 12 nitrogen and oxygen atoms in total. The molecule has 16 heteroatoms. The van der Waals surface area contributed by atoms with Crippen LogP contribution in [0.15, 0.2) is 71.2 Å². The molecule has 3 aromatic carbocycles. The number of carbonyl (C=O) groups is 1. The van der Waals surface area contributed by atoms with Crippen molar-refractivity contribution >= 4 is 38.6 Å². The Kier molecular flexibility index (Phi) is 11.0. The van der Waals surface area contributed by atoms with Gasteiger partial charge in [0.2, 0.25) is 0 Å². The average Bonchev–Trinajstić information content (AvgIpc) is 3.81. The Balaban J connectivity index is 1.12. The van der Waals surface area contributed by atoms with Gasteiger partial charge in [0.1, 0.15) is 35.6 Å². The number of aromatic nitrogens is 4. The van der Waals surface area contributed by atoms with E-state index in [1.807, 2.05) is 58.3 Å².